The molecule has 1 saturated heterocycles. The number of imidazole rings is 1. The van der Waals surface area contributed by atoms with Crippen LogP contribution in [0.3, 0.4) is 0 Å². The standard InChI is InChI=1S/C23H22ClFN6O/c1-32-21-10-17(6-8-20(21)30-12-22(24)27-14-30)29-18-5-7-19(15-3-2-4-16(25)9-15)23-26-13-28-31(23)11-18/h2-10,12,14,18,26,28-29H,11,13H2,1H3. The van der Waals surface area contributed by atoms with Crippen LogP contribution in [0.1, 0.15) is 5.56 Å². The fourth-order valence-electron chi connectivity index (χ4n) is 3.95. The Hall–Kier alpha value is -3.49. The highest BCUT2D eigenvalue weighted by atomic mass is 35.5. The number of anilines is 1. The summed E-state index contributed by atoms with van der Waals surface area (Å²) in [4.78, 5) is 4.06. The number of nitrogens with zero attached hydrogens (tertiary/aromatic N) is 3. The second-order valence-electron chi connectivity index (χ2n) is 7.50. The number of hydrogen-bond acceptors (Lipinski definition) is 6. The third kappa shape index (κ3) is 4.02. The summed E-state index contributed by atoms with van der Waals surface area (Å²) in [5, 5.41) is 9.37. The smallest absolute Gasteiger partial charge is 0.147 e. The summed E-state index contributed by atoms with van der Waals surface area (Å²) in [5.41, 5.74) is 6.84. The van der Waals surface area contributed by atoms with Crippen LogP contribution in [0.15, 0.2) is 73.0 Å². The molecule has 2 aliphatic heterocycles. The van der Waals surface area contributed by atoms with E-state index in [1.165, 1.54) is 6.07 Å². The second-order valence-corrected chi connectivity index (χ2v) is 7.88. The molecule has 0 aliphatic carbocycles. The Morgan fingerprint density at radius 1 is 1.25 bits per heavy atom. The predicted octanol–water partition coefficient (Wildman–Crippen LogP) is 3.76. The Kier molecular flexibility index (Phi) is 5.46. The number of benzene rings is 2. The van der Waals surface area contributed by atoms with Crippen LogP contribution in [-0.4, -0.2) is 40.9 Å². The number of halogens is 2. The molecule has 1 aromatic heterocycles. The third-order valence-corrected chi connectivity index (χ3v) is 5.62. The van der Waals surface area contributed by atoms with Crippen LogP contribution in [0.25, 0.3) is 11.3 Å². The Morgan fingerprint density at radius 2 is 2.16 bits per heavy atom. The van der Waals surface area contributed by atoms with Gasteiger partial charge in [0.1, 0.15) is 28.9 Å². The Labute approximate surface area is 190 Å². The van der Waals surface area contributed by atoms with Crippen LogP contribution in [0.4, 0.5) is 10.1 Å². The molecule has 0 radical (unpaired) electrons. The molecule has 2 aliphatic rings. The van der Waals surface area contributed by atoms with E-state index >= 15 is 0 Å². The van der Waals surface area contributed by atoms with Crippen molar-refractivity contribution in [2.24, 2.45) is 0 Å². The highest BCUT2D eigenvalue weighted by Gasteiger charge is 2.25. The molecule has 3 N–H and O–H groups in total. The van der Waals surface area contributed by atoms with Gasteiger partial charge in [-0.3, -0.25) is 5.01 Å². The zero-order valence-corrected chi connectivity index (χ0v) is 18.1. The minimum atomic E-state index is -0.258. The topological polar surface area (TPSA) is 66.4 Å². The molecule has 0 amide bonds. The van der Waals surface area contributed by atoms with Crippen LogP contribution >= 0.6 is 11.6 Å². The number of aromatic nitrogens is 2. The van der Waals surface area contributed by atoms with Gasteiger partial charge in [-0.1, -0.05) is 35.9 Å². The quantitative estimate of drug-likeness (QED) is 0.548. The molecule has 3 aromatic rings. The van der Waals surface area contributed by atoms with Crippen LogP contribution < -0.4 is 20.8 Å². The molecule has 0 bridgehead atoms. The minimum Gasteiger partial charge on any atom is -0.494 e. The van der Waals surface area contributed by atoms with Gasteiger partial charge in [-0.25, -0.2) is 14.8 Å². The summed E-state index contributed by atoms with van der Waals surface area (Å²) in [6.45, 7) is 1.30. The lowest BCUT2D eigenvalue weighted by molar-refractivity contribution is 0.298. The van der Waals surface area contributed by atoms with Crippen molar-refractivity contribution in [1.82, 2.24) is 25.3 Å². The molecule has 0 saturated carbocycles. The van der Waals surface area contributed by atoms with Crippen molar-refractivity contribution < 1.29 is 9.13 Å². The number of ether oxygens (including phenoxy) is 1. The molecule has 9 heteroatoms. The van der Waals surface area contributed by atoms with Crippen molar-refractivity contribution in [3.63, 3.8) is 0 Å². The zero-order chi connectivity index (χ0) is 22.1. The predicted molar refractivity (Wildman–Crippen MR) is 123 cm³/mol. The highest BCUT2D eigenvalue weighted by Crippen LogP contribution is 2.30. The van der Waals surface area contributed by atoms with Gasteiger partial charge in [-0.15, -0.1) is 0 Å². The molecular formula is C23H22ClFN6O. The van der Waals surface area contributed by atoms with Gasteiger partial charge in [0.15, 0.2) is 0 Å². The van der Waals surface area contributed by atoms with E-state index in [0.717, 1.165) is 28.3 Å². The van der Waals surface area contributed by atoms with Gasteiger partial charge in [0, 0.05) is 23.5 Å². The van der Waals surface area contributed by atoms with Gasteiger partial charge >= 0.3 is 0 Å². The summed E-state index contributed by atoms with van der Waals surface area (Å²) in [6, 6.07) is 12.5. The number of fused-ring (bicyclic) bond motifs is 1. The van der Waals surface area contributed by atoms with Crippen molar-refractivity contribution in [1.29, 1.82) is 0 Å². The van der Waals surface area contributed by atoms with Gasteiger partial charge in [-0.05, 0) is 29.8 Å². The summed E-state index contributed by atoms with van der Waals surface area (Å²) in [6.07, 6.45) is 7.49. The first-order valence-electron chi connectivity index (χ1n) is 10.2. The van der Waals surface area contributed by atoms with Gasteiger partial charge in [-0.2, -0.15) is 0 Å². The maximum Gasteiger partial charge on any atom is 0.147 e. The van der Waals surface area contributed by atoms with Crippen LogP contribution in [0.2, 0.25) is 5.15 Å². The summed E-state index contributed by atoms with van der Waals surface area (Å²) in [5.74, 6) is 1.37. The summed E-state index contributed by atoms with van der Waals surface area (Å²) in [7, 11) is 1.63. The number of hydrazine groups is 1. The maximum atomic E-state index is 13.8. The van der Waals surface area contributed by atoms with Gasteiger partial charge in [0.25, 0.3) is 0 Å². The number of allylic oxidation sites excluding steroid dienone is 2. The van der Waals surface area contributed by atoms with Crippen LogP contribution in [0.5, 0.6) is 5.75 Å². The van der Waals surface area contributed by atoms with Gasteiger partial charge < -0.3 is 19.9 Å². The largest absolute Gasteiger partial charge is 0.494 e. The van der Waals surface area contributed by atoms with Crippen molar-refractivity contribution in [3.8, 4) is 11.4 Å². The number of hydrogen-bond donors (Lipinski definition) is 3. The molecule has 1 fully saturated rings. The average molecular weight is 453 g/mol. The first-order valence-corrected chi connectivity index (χ1v) is 10.6. The number of methoxy groups -OCH3 is 1. The molecule has 32 heavy (non-hydrogen) atoms. The van der Waals surface area contributed by atoms with E-state index in [-0.39, 0.29) is 11.9 Å². The van der Waals surface area contributed by atoms with Crippen molar-refractivity contribution in [2.45, 2.75) is 6.04 Å². The Bertz CT molecular complexity index is 1210. The second kappa shape index (κ2) is 8.57. The fourth-order valence-corrected chi connectivity index (χ4v) is 4.10. The van der Waals surface area contributed by atoms with E-state index in [1.54, 1.807) is 31.8 Å². The molecule has 1 unspecified atom stereocenters. The van der Waals surface area contributed by atoms with Crippen molar-refractivity contribution in [2.75, 3.05) is 25.6 Å². The summed E-state index contributed by atoms with van der Waals surface area (Å²) >= 11 is 5.96. The molecule has 1 atom stereocenters. The van der Waals surface area contributed by atoms with E-state index < -0.39 is 0 Å². The lowest BCUT2D eigenvalue weighted by Gasteiger charge is -2.24. The van der Waals surface area contributed by atoms with E-state index in [9.17, 15) is 4.39 Å². The van der Waals surface area contributed by atoms with Crippen LogP contribution in [0, 0.1) is 5.82 Å². The number of rotatable bonds is 5. The molecule has 5 rings (SSSR count). The van der Waals surface area contributed by atoms with E-state index in [4.69, 9.17) is 16.3 Å². The van der Waals surface area contributed by atoms with Crippen molar-refractivity contribution >= 4 is 22.9 Å². The monoisotopic (exact) mass is 452 g/mol. The van der Waals surface area contributed by atoms with E-state index in [0.29, 0.717) is 24.1 Å². The molecule has 3 heterocycles. The normalized spacial score (nSPS) is 17.7. The SMILES string of the molecule is COc1cc(NC2C=CC(c3cccc(F)c3)=C3NCNN3C2)ccc1-n1cnc(Cl)c1. The molecule has 164 valence electrons. The minimum absolute atomic E-state index is 0.00158. The first-order chi connectivity index (χ1) is 15.6. The molecule has 2 aromatic carbocycles. The first kappa shape index (κ1) is 20.4. The third-order valence-electron chi connectivity index (χ3n) is 5.42. The fraction of sp³-hybridized carbons (Fsp3) is 0.174. The highest BCUT2D eigenvalue weighted by molar-refractivity contribution is 6.29. The lowest BCUT2D eigenvalue weighted by atomic mass is 10.0. The maximum absolute atomic E-state index is 13.8. The van der Waals surface area contributed by atoms with E-state index in [1.807, 2.05) is 34.9 Å². The number of nitrogens with one attached hydrogen (secondary N) is 3. The van der Waals surface area contributed by atoms with Gasteiger partial charge in [0.2, 0.25) is 0 Å². The zero-order valence-electron chi connectivity index (χ0n) is 17.3. The van der Waals surface area contributed by atoms with Crippen LogP contribution in [-0.2, 0) is 0 Å². The molecule has 0 spiro atoms. The average Bonchev–Trinajstić information content (AvgIpc) is 3.39. The molecule has 7 nitrogen and oxygen atoms in total. The van der Waals surface area contributed by atoms with Crippen molar-refractivity contribution in [3.05, 3.63) is 89.5 Å². The summed E-state index contributed by atoms with van der Waals surface area (Å²) < 4.78 is 21.2. The lowest BCUT2D eigenvalue weighted by Crippen LogP contribution is -2.38. The van der Waals surface area contributed by atoms with Gasteiger partial charge in [0.05, 0.1) is 32.1 Å². The Morgan fingerprint density at radius 3 is 2.94 bits per heavy atom. The molecular weight excluding hydrogens is 431 g/mol. The Balaban J connectivity index is 1.40. The van der Waals surface area contributed by atoms with E-state index in [2.05, 4.69) is 32.1 Å².